The van der Waals surface area contributed by atoms with Crippen molar-refractivity contribution in [1.29, 1.82) is 5.26 Å². The maximum absolute atomic E-state index is 14.1. The van der Waals surface area contributed by atoms with Crippen LogP contribution >= 0.6 is 11.6 Å². The highest BCUT2D eigenvalue weighted by Gasteiger charge is 2.45. The zero-order valence-electron chi connectivity index (χ0n) is 22.1. The standard InChI is InChI=1S/C31H25ClF4N4O2/c32-24-15-16-27(38-21-24)30(20-22-9-3-1-4-10-22,23-11-7-14-26(19-23)42-31(35,36)28(33)34)39-29(41)40(18-8-17-37)25-12-5-2-6-13-25/h1-7,9-16,19,21,28H,8,18,20H2,(H,39,41)/t30-/m0/s1. The molecule has 0 unspecified atom stereocenters. The molecule has 1 aromatic heterocycles. The Hall–Kier alpha value is -4.62. The van der Waals surface area contributed by atoms with E-state index >= 15 is 0 Å². The summed E-state index contributed by atoms with van der Waals surface area (Å²) in [7, 11) is 0. The van der Waals surface area contributed by atoms with Gasteiger partial charge in [-0.2, -0.15) is 22.8 Å². The second kappa shape index (κ2) is 13.4. The van der Waals surface area contributed by atoms with Gasteiger partial charge in [0, 0.05) is 24.8 Å². The van der Waals surface area contributed by atoms with Gasteiger partial charge in [-0.05, 0) is 47.5 Å². The van der Waals surface area contributed by atoms with Gasteiger partial charge >= 0.3 is 18.6 Å². The lowest BCUT2D eigenvalue weighted by Gasteiger charge is -2.37. The Bertz CT molecular complexity index is 1520. The fraction of sp³-hybridized carbons (Fsp3) is 0.194. The van der Waals surface area contributed by atoms with Crippen LogP contribution in [0.3, 0.4) is 0 Å². The highest BCUT2D eigenvalue weighted by atomic mass is 35.5. The minimum Gasteiger partial charge on any atom is -0.428 e. The van der Waals surface area contributed by atoms with E-state index in [9.17, 15) is 27.6 Å². The van der Waals surface area contributed by atoms with Gasteiger partial charge in [0.05, 0.1) is 23.2 Å². The van der Waals surface area contributed by atoms with E-state index in [0.717, 1.165) is 17.7 Å². The number of halogens is 5. The van der Waals surface area contributed by atoms with Gasteiger partial charge in [0.2, 0.25) is 0 Å². The molecule has 0 radical (unpaired) electrons. The predicted molar refractivity (Wildman–Crippen MR) is 151 cm³/mol. The largest absolute Gasteiger partial charge is 0.461 e. The molecule has 0 saturated carbocycles. The Kier molecular flexibility index (Phi) is 9.65. The van der Waals surface area contributed by atoms with Crippen LogP contribution < -0.4 is 15.0 Å². The fourth-order valence-electron chi connectivity index (χ4n) is 4.45. The number of carbonyl (C=O) groups excluding carboxylic acids is 1. The molecule has 216 valence electrons. The van der Waals surface area contributed by atoms with Crippen LogP contribution in [0.25, 0.3) is 0 Å². The maximum Gasteiger partial charge on any atom is 0.461 e. The third-order valence-corrected chi connectivity index (χ3v) is 6.62. The van der Waals surface area contributed by atoms with Gasteiger partial charge in [0.1, 0.15) is 11.3 Å². The van der Waals surface area contributed by atoms with Crippen molar-refractivity contribution in [3.8, 4) is 11.8 Å². The van der Waals surface area contributed by atoms with Gasteiger partial charge in [-0.15, -0.1) is 0 Å². The molecule has 2 amide bonds. The molecule has 3 aromatic carbocycles. The first kappa shape index (κ1) is 30.3. The molecule has 42 heavy (non-hydrogen) atoms. The number of anilines is 1. The Balaban J connectivity index is 1.90. The van der Waals surface area contributed by atoms with Gasteiger partial charge in [-0.25, -0.2) is 4.79 Å². The number of benzene rings is 3. The van der Waals surface area contributed by atoms with Crippen molar-refractivity contribution in [3.63, 3.8) is 0 Å². The van der Waals surface area contributed by atoms with Crippen molar-refractivity contribution in [2.75, 3.05) is 11.4 Å². The molecule has 1 heterocycles. The van der Waals surface area contributed by atoms with Crippen LogP contribution in [0.5, 0.6) is 5.75 Å². The second-order valence-corrected chi connectivity index (χ2v) is 9.68. The van der Waals surface area contributed by atoms with Crippen LogP contribution in [0, 0.1) is 11.3 Å². The number of hydrogen-bond acceptors (Lipinski definition) is 4. The minimum absolute atomic E-state index is 0.0270. The number of amides is 2. The Labute approximate surface area is 245 Å². The number of hydrogen-bond donors (Lipinski definition) is 1. The zero-order valence-corrected chi connectivity index (χ0v) is 22.8. The molecule has 0 bridgehead atoms. The highest BCUT2D eigenvalue weighted by Crippen LogP contribution is 2.37. The number of rotatable bonds is 11. The third kappa shape index (κ3) is 7.17. The van der Waals surface area contributed by atoms with Gasteiger partial charge in [0.25, 0.3) is 0 Å². The molecule has 4 aromatic rings. The lowest BCUT2D eigenvalue weighted by Crippen LogP contribution is -2.54. The Morgan fingerprint density at radius 2 is 1.69 bits per heavy atom. The van der Waals surface area contributed by atoms with Gasteiger partial charge in [0.15, 0.2) is 0 Å². The normalized spacial score (nSPS) is 12.7. The quantitative estimate of drug-likeness (QED) is 0.181. The van der Waals surface area contributed by atoms with E-state index in [1.807, 2.05) is 24.3 Å². The molecular formula is C31H25ClF4N4O2. The summed E-state index contributed by atoms with van der Waals surface area (Å²) >= 11 is 6.13. The molecule has 4 rings (SSSR count). The van der Waals surface area contributed by atoms with Gasteiger partial charge < -0.3 is 10.1 Å². The van der Waals surface area contributed by atoms with Gasteiger partial charge in [-0.3, -0.25) is 9.88 Å². The topological polar surface area (TPSA) is 78.2 Å². The summed E-state index contributed by atoms with van der Waals surface area (Å²) in [5.74, 6) is -0.539. The first-order valence-corrected chi connectivity index (χ1v) is 13.2. The molecule has 6 nitrogen and oxygen atoms in total. The number of urea groups is 1. The van der Waals surface area contributed by atoms with Crippen LogP contribution in [0.4, 0.5) is 28.0 Å². The summed E-state index contributed by atoms with van der Waals surface area (Å²) in [5.41, 5.74) is 0.224. The number of aromatic nitrogens is 1. The highest BCUT2D eigenvalue weighted by molar-refractivity contribution is 6.30. The van der Waals surface area contributed by atoms with Crippen molar-refractivity contribution < 1.29 is 27.1 Å². The van der Waals surface area contributed by atoms with E-state index in [2.05, 4.69) is 15.0 Å². The fourth-order valence-corrected chi connectivity index (χ4v) is 4.56. The van der Waals surface area contributed by atoms with Crippen molar-refractivity contribution in [3.05, 3.63) is 125 Å². The summed E-state index contributed by atoms with van der Waals surface area (Å²) in [6.45, 7) is 0.0472. The first-order valence-electron chi connectivity index (χ1n) is 12.8. The molecule has 11 heteroatoms. The molecule has 0 fully saturated rings. The Morgan fingerprint density at radius 3 is 2.31 bits per heavy atom. The SMILES string of the molecule is N#CCCN(C(=O)N[C@@](Cc1ccccc1)(c1cccc(OC(F)(F)C(F)F)c1)c1ccc(Cl)cn1)c1ccccc1. The number of pyridine rings is 1. The lowest BCUT2D eigenvalue weighted by molar-refractivity contribution is -0.253. The summed E-state index contributed by atoms with van der Waals surface area (Å²) in [5, 5.41) is 12.6. The van der Waals surface area contributed by atoms with Gasteiger partial charge in [-0.1, -0.05) is 72.3 Å². The zero-order chi connectivity index (χ0) is 30.2. The van der Waals surface area contributed by atoms with E-state index in [1.54, 1.807) is 60.7 Å². The van der Waals surface area contributed by atoms with Crippen molar-refractivity contribution in [1.82, 2.24) is 10.3 Å². The molecule has 0 aliphatic heterocycles. The van der Waals surface area contributed by atoms with E-state index in [-0.39, 0.29) is 30.6 Å². The van der Waals surface area contributed by atoms with E-state index in [1.165, 1.54) is 17.2 Å². The van der Waals surface area contributed by atoms with Crippen LogP contribution in [0.2, 0.25) is 5.02 Å². The van der Waals surface area contributed by atoms with Crippen molar-refractivity contribution in [2.45, 2.75) is 30.9 Å². The molecular weight excluding hydrogens is 572 g/mol. The minimum atomic E-state index is -4.75. The number of ether oxygens (including phenoxy) is 1. The van der Waals surface area contributed by atoms with Crippen LogP contribution in [-0.4, -0.2) is 30.1 Å². The summed E-state index contributed by atoms with van der Waals surface area (Å²) in [4.78, 5) is 19.9. The summed E-state index contributed by atoms with van der Waals surface area (Å²) < 4.78 is 58.1. The van der Waals surface area contributed by atoms with E-state index < -0.39 is 29.9 Å². The molecule has 0 aliphatic carbocycles. The number of para-hydroxylation sites is 1. The van der Waals surface area contributed by atoms with E-state index in [4.69, 9.17) is 11.6 Å². The number of nitrogens with one attached hydrogen (secondary N) is 1. The lowest BCUT2D eigenvalue weighted by atomic mass is 9.80. The van der Waals surface area contributed by atoms with Crippen molar-refractivity contribution in [2.24, 2.45) is 0 Å². The number of alkyl halides is 4. The predicted octanol–water partition coefficient (Wildman–Crippen LogP) is 7.59. The van der Waals surface area contributed by atoms with Crippen LogP contribution in [0.15, 0.2) is 103 Å². The average Bonchev–Trinajstić information content (AvgIpc) is 2.98. The third-order valence-electron chi connectivity index (χ3n) is 6.39. The molecule has 1 atom stereocenters. The summed E-state index contributed by atoms with van der Waals surface area (Å²) in [6, 6.07) is 27.4. The maximum atomic E-state index is 14.1. The summed E-state index contributed by atoms with van der Waals surface area (Å²) in [6.07, 6.45) is -7.33. The second-order valence-electron chi connectivity index (χ2n) is 9.25. The van der Waals surface area contributed by atoms with Crippen LogP contribution in [-0.2, 0) is 12.0 Å². The molecule has 0 spiro atoms. The van der Waals surface area contributed by atoms with E-state index in [0.29, 0.717) is 10.7 Å². The molecule has 1 N–H and O–H groups in total. The molecule has 0 saturated heterocycles. The molecule has 0 aliphatic rings. The smallest absolute Gasteiger partial charge is 0.428 e. The number of nitriles is 1. The number of nitrogens with zero attached hydrogens (tertiary/aromatic N) is 3. The van der Waals surface area contributed by atoms with Crippen molar-refractivity contribution >= 4 is 23.3 Å². The average molecular weight is 597 g/mol. The monoisotopic (exact) mass is 596 g/mol. The Morgan fingerprint density at radius 1 is 1.00 bits per heavy atom. The first-order chi connectivity index (χ1) is 20.1. The van der Waals surface area contributed by atoms with Crippen LogP contribution in [0.1, 0.15) is 23.2 Å². The number of carbonyl (C=O) groups is 1.